The molecule has 21 heavy (non-hydrogen) atoms. The van der Waals surface area contributed by atoms with Gasteiger partial charge in [0, 0.05) is 17.8 Å². The van der Waals surface area contributed by atoms with E-state index in [0.717, 1.165) is 18.7 Å². The van der Waals surface area contributed by atoms with E-state index in [1.54, 1.807) is 12.1 Å². The summed E-state index contributed by atoms with van der Waals surface area (Å²) in [7, 11) is 0. The number of hydrogen-bond donors (Lipinski definition) is 3. The predicted octanol–water partition coefficient (Wildman–Crippen LogP) is 1.45. The molecule has 1 atom stereocenters. The van der Waals surface area contributed by atoms with Gasteiger partial charge < -0.3 is 16.4 Å². The average molecular weight is 292 g/mol. The number of carbonyl (C=O) groups excluding carboxylic acids is 2. The van der Waals surface area contributed by atoms with Crippen LogP contribution < -0.4 is 16.4 Å². The number of aryl methyl sites for hydroxylation is 1. The van der Waals surface area contributed by atoms with Crippen LogP contribution >= 0.6 is 0 Å². The standard InChI is InChI=1S/C15H24N4O2/c1-5-6-17-12-8-11(7-10(4)18-12)15(21)19-13(9(2)3)14(16)20/h7-9,13H,5-6H2,1-4H3,(H2,16,20)(H,17,18)(H,19,21). The molecule has 0 aliphatic heterocycles. The van der Waals surface area contributed by atoms with Gasteiger partial charge in [-0.25, -0.2) is 4.98 Å². The van der Waals surface area contributed by atoms with Crippen LogP contribution in [0.2, 0.25) is 0 Å². The minimum absolute atomic E-state index is 0.0629. The highest BCUT2D eigenvalue weighted by molar-refractivity contribution is 5.98. The average Bonchev–Trinajstić information content (AvgIpc) is 2.40. The van der Waals surface area contributed by atoms with Gasteiger partial charge in [-0.05, 0) is 31.4 Å². The molecule has 0 radical (unpaired) electrons. The third-order valence-corrected chi connectivity index (χ3v) is 3.03. The molecule has 0 fully saturated rings. The van der Waals surface area contributed by atoms with Gasteiger partial charge in [0.25, 0.3) is 5.91 Å². The number of pyridine rings is 1. The van der Waals surface area contributed by atoms with Crippen molar-refractivity contribution in [1.29, 1.82) is 0 Å². The highest BCUT2D eigenvalue weighted by Crippen LogP contribution is 2.11. The SMILES string of the molecule is CCCNc1cc(C(=O)NC(C(N)=O)C(C)C)cc(C)n1. The van der Waals surface area contributed by atoms with Crippen LogP contribution in [0.1, 0.15) is 43.2 Å². The number of nitrogens with one attached hydrogen (secondary N) is 2. The topological polar surface area (TPSA) is 97.1 Å². The van der Waals surface area contributed by atoms with Gasteiger partial charge in [-0.3, -0.25) is 9.59 Å². The van der Waals surface area contributed by atoms with Gasteiger partial charge in [-0.15, -0.1) is 0 Å². The second-order valence-corrected chi connectivity index (χ2v) is 5.41. The van der Waals surface area contributed by atoms with Crippen molar-refractivity contribution in [3.8, 4) is 0 Å². The maximum absolute atomic E-state index is 12.3. The minimum atomic E-state index is -0.682. The molecule has 1 aromatic rings. The molecule has 0 aliphatic rings. The van der Waals surface area contributed by atoms with Gasteiger partial charge >= 0.3 is 0 Å². The molecule has 0 saturated carbocycles. The molecule has 6 heteroatoms. The Morgan fingerprint density at radius 1 is 1.33 bits per heavy atom. The first-order valence-corrected chi connectivity index (χ1v) is 7.17. The van der Waals surface area contributed by atoms with Gasteiger partial charge in [0.05, 0.1) is 0 Å². The second-order valence-electron chi connectivity index (χ2n) is 5.41. The molecule has 0 saturated heterocycles. The summed E-state index contributed by atoms with van der Waals surface area (Å²) in [5.41, 5.74) is 6.51. The van der Waals surface area contributed by atoms with E-state index in [0.29, 0.717) is 11.4 Å². The molecule has 0 aromatic carbocycles. The van der Waals surface area contributed by atoms with Crippen molar-refractivity contribution >= 4 is 17.6 Å². The zero-order valence-corrected chi connectivity index (χ0v) is 13.1. The quantitative estimate of drug-likeness (QED) is 0.708. The zero-order chi connectivity index (χ0) is 16.0. The predicted molar refractivity (Wildman–Crippen MR) is 83.0 cm³/mol. The van der Waals surface area contributed by atoms with E-state index in [9.17, 15) is 9.59 Å². The Hall–Kier alpha value is -2.11. The summed E-state index contributed by atoms with van der Waals surface area (Å²) in [5, 5.41) is 5.82. The largest absolute Gasteiger partial charge is 0.370 e. The van der Waals surface area contributed by atoms with Crippen LogP contribution in [0.25, 0.3) is 0 Å². The first-order valence-electron chi connectivity index (χ1n) is 7.17. The van der Waals surface area contributed by atoms with Crippen molar-refractivity contribution < 1.29 is 9.59 Å². The van der Waals surface area contributed by atoms with E-state index >= 15 is 0 Å². The molecule has 6 nitrogen and oxygen atoms in total. The van der Waals surface area contributed by atoms with Crippen molar-refractivity contribution in [3.63, 3.8) is 0 Å². The summed E-state index contributed by atoms with van der Waals surface area (Å²) in [6.45, 7) is 8.33. The number of nitrogens with two attached hydrogens (primary N) is 1. The van der Waals surface area contributed by atoms with Crippen molar-refractivity contribution in [2.75, 3.05) is 11.9 Å². The molecule has 4 N–H and O–H groups in total. The van der Waals surface area contributed by atoms with E-state index in [1.165, 1.54) is 0 Å². The Balaban J connectivity index is 2.91. The summed E-state index contributed by atoms with van der Waals surface area (Å²) in [6.07, 6.45) is 0.967. The molecule has 116 valence electrons. The number of primary amides is 1. The first-order chi connectivity index (χ1) is 9.85. The fraction of sp³-hybridized carbons (Fsp3) is 0.533. The van der Waals surface area contributed by atoms with Gasteiger partial charge in [0.2, 0.25) is 5.91 Å². The zero-order valence-electron chi connectivity index (χ0n) is 13.1. The maximum Gasteiger partial charge on any atom is 0.252 e. The molecule has 0 aliphatic carbocycles. The fourth-order valence-corrected chi connectivity index (χ4v) is 1.93. The smallest absolute Gasteiger partial charge is 0.252 e. The van der Waals surface area contributed by atoms with E-state index in [4.69, 9.17) is 5.73 Å². The molecule has 0 spiro atoms. The molecular formula is C15H24N4O2. The normalized spacial score (nSPS) is 12.0. The summed E-state index contributed by atoms with van der Waals surface area (Å²) in [4.78, 5) is 28.0. The van der Waals surface area contributed by atoms with E-state index in [1.807, 2.05) is 20.8 Å². The number of amides is 2. The van der Waals surface area contributed by atoms with Crippen LogP contribution in [0.3, 0.4) is 0 Å². The Labute approximate surface area is 125 Å². The van der Waals surface area contributed by atoms with Crippen LogP contribution in [0.5, 0.6) is 0 Å². The van der Waals surface area contributed by atoms with Gasteiger partial charge in [-0.2, -0.15) is 0 Å². The Bertz CT molecular complexity index is 514. The molecule has 0 bridgehead atoms. The highest BCUT2D eigenvalue weighted by Gasteiger charge is 2.22. The van der Waals surface area contributed by atoms with Gasteiger partial charge in [-0.1, -0.05) is 20.8 Å². The Kier molecular flexibility index (Phi) is 6.14. The van der Waals surface area contributed by atoms with Crippen LogP contribution in [0.15, 0.2) is 12.1 Å². The highest BCUT2D eigenvalue weighted by atomic mass is 16.2. The van der Waals surface area contributed by atoms with Crippen molar-refractivity contribution in [2.24, 2.45) is 11.7 Å². The summed E-state index contributed by atoms with van der Waals surface area (Å²) in [6, 6.07) is 2.68. The van der Waals surface area contributed by atoms with Crippen LogP contribution in [0.4, 0.5) is 5.82 Å². The van der Waals surface area contributed by atoms with E-state index in [-0.39, 0.29) is 11.8 Å². The Morgan fingerprint density at radius 3 is 2.52 bits per heavy atom. The summed E-state index contributed by atoms with van der Waals surface area (Å²) in [5.74, 6) is -0.264. The van der Waals surface area contributed by atoms with Gasteiger partial charge in [0.1, 0.15) is 11.9 Å². The van der Waals surface area contributed by atoms with Crippen molar-refractivity contribution in [2.45, 2.75) is 40.2 Å². The summed E-state index contributed by atoms with van der Waals surface area (Å²) < 4.78 is 0. The van der Waals surface area contributed by atoms with Crippen LogP contribution in [0, 0.1) is 12.8 Å². The monoisotopic (exact) mass is 292 g/mol. The molecule has 1 unspecified atom stereocenters. The lowest BCUT2D eigenvalue weighted by Crippen LogP contribution is -2.47. The lowest BCUT2D eigenvalue weighted by molar-refractivity contribution is -0.120. The number of aromatic nitrogens is 1. The first kappa shape index (κ1) is 16.9. The number of anilines is 1. The Morgan fingerprint density at radius 2 is 2.00 bits per heavy atom. The molecule has 2 amide bonds. The van der Waals surface area contributed by atoms with Crippen LogP contribution in [-0.4, -0.2) is 29.4 Å². The number of hydrogen-bond acceptors (Lipinski definition) is 4. The molecule has 1 aromatic heterocycles. The lowest BCUT2D eigenvalue weighted by atomic mass is 10.0. The van der Waals surface area contributed by atoms with Crippen LogP contribution in [-0.2, 0) is 4.79 Å². The number of nitrogens with zero attached hydrogens (tertiary/aromatic N) is 1. The molecule has 1 rings (SSSR count). The van der Waals surface area contributed by atoms with Crippen molar-refractivity contribution in [3.05, 3.63) is 23.4 Å². The van der Waals surface area contributed by atoms with Gasteiger partial charge in [0.15, 0.2) is 0 Å². The lowest BCUT2D eigenvalue weighted by Gasteiger charge is -2.19. The number of carbonyl (C=O) groups is 2. The molecular weight excluding hydrogens is 268 g/mol. The summed E-state index contributed by atoms with van der Waals surface area (Å²) >= 11 is 0. The fourth-order valence-electron chi connectivity index (χ4n) is 1.93. The maximum atomic E-state index is 12.3. The van der Waals surface area contributed by atoms with E-state index < -0.39 is 11.9 Å². The van der Waals surface area contributed by atoms with Crippen molar-refractivity contribution in [1.82, 2.24) is 10.3 Å². The second kappa shape index (κ2) is 7.61. The minimum Gasteiger partial charge on any atom is -0.370 e. The molecule has 1 heterocycles. The van der Waals surface area contributed by atoms with E-state index in [2.05, 4.69) is 22.5 Å². The third kappa shape index (κ3) is 5.06. The third-order valence-electron chi connectivity index (χ3n) is 3.03. The number of rotatable bonds is 7.